The molecule has 2 unspecified atom stereocenters. The van der Waals surface area contributed by atoms with Crippen molar-refractivity contribution in [2.24, 2.45) is 11.7 Å². The van der Waals surface area contributed by atoms with E-state index in [1.54, 1.807) is 12.1 Å². The summed E-state index contributed by atoms with van der Waals surface area (Å²) in [6, 6.07) is 5.38. The fourth-order valence-corrected chi connectivity index (χ4v) is 3.20. The van der Waals surface area contributed by atoms with Gasteiger partial charge in [0.15, 0.2) is 0 Å². The van der Waals surface area contributed by atoms with Gasteiger partial charge in [0.2, 0.25) is 0 Å². The molecule has 0 saturated heterocycles. The quantitative estimate of drug-likeness (QED) is 0.488. The number of rotatable bonds is 5. The van der Waals surface area contributed by atoms with E-state index in [-0.39, 0.29) is 11.4 Å². The van der Waals surface area contributed by atoms with E-state index in [4.69, 9.17) is 11.5 Å². The fourth-order valence-electron chi connectivity index (χ4n) is 3.20. The summed E-state index contributed by atoms with van der Waals surface area (Å²) < 4.78 is 0. The molecule has 0 bridgehead atoms. The third-order valence-electron chi connectivity index (χ3n) is 4.20. The highest BCUT2D eigenvalue weighted by Crippen LogP contribution is 2.34. The van der Waals surface area contributed by atoms with Crippen molar-refractivity contribution in [2.75, 3.05) is 23.7 Å². The minimum Gasteiger partial charge on any atom is -0.393 e. The summed E-state index contributed by atoms with van der Waals surface area (Å²) >= 11 is 0. The molecule has 1 saturated carbocycles. The van der Waals surface area contributed by atoms with Crippen molar-refractivity contribution in [1.29, 1.82) is 0 Å². The number of anilines is 2. The minimum atomic E-state index is -0.451. The Bertz CT molecular complexity index is 492. The van der Waals surface area contributed by atoms with Crippen molar-refractivity contribution in [3.63, 3.8) is 0 Å². The summed E-state index contributed by atoms with van der Waals surface area (Å²) in [5.74, 6) is 0.492. The predicted octanol–water partition coefficient (Wildman–Crippen LogP) is 2.13. The van der Waals surface area contributed by atoms with Gasteiger partial charge in [0.25, 0.3) is 5.69 Å². The first kappa shape index (κ1) is 14.6. The van der Waals surface area contributed by atoms with Crippen molar-refractivity contribution in [1.82, 2.24) is 0 Å². The van der Waals surface area contributed by atoms with Gasteiger partial charge >= 0.3 is 0 Å². The Morgan fingerprint density at radius 1 is 1.45 bits per heavy atom. The first-order chi connectivity index (χ1) is 9.58. The van der Waals surface area contributed by atoms with Gasteiger partial charge < -0.3 is 16.4 Å². The molecule has 4 N–H and O–H groups in total. The highest BCUT2D eigenvalue weighted by atomic mass is 16.6. The van der Waals surface area contributed by atoms with Crippen LogP contribution in [0.3, 0.4) is 0 Å². The first-order valence-electron chi connectivity index (χ1n) is 7.09. The minimum absolute atomic E-state index is 0.0356. The summed E-state index contributed by atoms with van der Waals surface area (Å²) in [7, 11) is 0. The van der Waals surface area contributed by atoms with Crippen LogP contribution in [0.2, 0.25) is 0 Å². The molecule has 2 atom stereocenters. The number of nitrogen functional groups attached to an aromatic ring is 1. The molecule has 0 radical (unpaired) electrons. The van der Waals surface area contributed by atoms with E-state index >= 15 is 0 Å². The van der Waals surface area contributed by atoms with Crippen LogP contribution in [-0.4, -0.2) is 24.1 Å². The zero-order chi connectivity index (χ0) is 14.7. The molecule has 0 spiro atoms. The molecule has 1 aromatic rings. The molecule has 1 fully saturated rings. The Hall–Kier alpha value is -1.82. The van der Waals surface area contributed by atoms with E-state index in [1.807, 2.05) is 0 Å². The van der Waals surface area contributed by atoms with Crippen molar-refractivity contribution in [2.45, 2.75) is 32.2 Å². The Kier molecular flexibility index (Phi) is 4.44. The Labute approximate surface area is 118 Å². The third-order valence-corrected chi connectivity index (χ3v) is 4.20. The van der Waals surface area contributed by atoms with E-state index in [0.717, 1.165) is 25.1 Å². The maximum atomic E-state index is 10.8. The standard InChI is InChI=1S/C14H22N4O2/c1-2-17(13-5-3-4-10(13)9-15)11-6-7-14(18(19)20)12(16)8-11/h6-8,10,13H,2-5,9,15-16H2,1H3. The number of nitro benzene ring substituents is 1. The largest absolute Gasteiger partial charge is 0.393 e. The molecular formula is C14H22N4O2. The SMILES string of the molecule is CCN(c1ccc([N+](=O)[O-])c(N)c1)C1CCCC1CN. The van der Waals surface area contributed by atoms with Crippen molar-refractivity contribution in [3.05, 3.63) is 28.3 Å². The van der Waals surface area contributed by atoms with Gasteiger partial charge in [-0.1, -0.05) is 6.42 Å². The topological polar surface area (TPSA) is 98.4 Å². The number of nitro groups is 1. The maximum Gasteiger partial charge on any atom is 0.292 e. The van der Waals surface area contributed by atoms with E-state index in [1.165, 1.54) is 12.5 Å². The zero-order valence-corrected chi connectivity index (χ0v) is 11.8. The Balaban J connectivity index is 2.28. The summed E-state index contributed by atoms with van der Waals surface area (Å²) in [6.07, 6.45) is 3.46. The molecule has 1 aliphatic carbocycles. The average molecular weight is 278 g/mol. The lowest BCUT2D eigenvalue weighted by atomic mass is 10.0. The van der Waals surface area contributed by atoms with Crippen LogP contribution >= 0.6 is 0 Å². The van der Waals surface area contributed by atoms with E-state index in [9.17, 15) is 10.1 Å². The predicted molar refractivity (Wildman–Crippen MR) is 80.7 cm³/mol. The van der Waals surface area contributed by atoms with Gasteiger partial charge in [-0.25, -0.2) is 0 Å². The van der Waals surface area contributed by atoms with Crippen LogP contribution in [0.15, 0.2) is 18.2 Å². The molecular weight excluding hydrogens is 256 g/mol. The number of benzene rings is 1. The second-order valence-electron chi connectivity index (χ2n) is 5.28. The molecule has 0 aliphatic heterocycles. The van der Waals surface area contributed by atoms with Gasteiger partial charge in [0.05, 0.1) is 4.92 Å². The lowest BCUT2D eigenvalue weighted by Gasteiger charge is -2.34. The highest BCUT2D eigenvalue weighted by Gasteiger charge is 2.31. The zero-order valence-electron chi connectivity index (χ0n) is 11.8. The number of hydrogen-bond donors (Lipinski definition) is 2. The molecule has 2 rings (SSSR count). The lowest BCUT2D eigenvalue weighted by molar-refractivity contribution is -0.383. The van der Waals surface area contributed by atoms with Crippen molar-refractivity contribution < 1.29 is 4.92 Å². The molecule has 0 amide bonds. The summed E-state index contributed by atoms with van der Waals surface area (Å²) in [4.78, 5) is 12.6. The maximum absolute atomic E-state index is 10.8. The second kappa shape index (κ2) is 6.09. The van der Waals surface area contributed by atoms with Crippen LogP contribution in [0.1, 0.15) is 26.2 Å². The number of hydrogen-bond acceptors (Lipinski definition) is 5. The van der Waals surface area contributed by atoms with E-state index < -0.39 is 4.92 Å². The van der Waals surface area contributed by atoms with Crippen LogP contribution in [0.5, 0.6) is 0 Å². The smallest absolute Gasteiger partial charge is 0.292 e. The molecule has 1 aromatic carbocycles. The molecule has 0 aromatic heterocycles. The molecule has 1 aliphatic rings. The van der Waals surface area contributed by atoms with E-state index in [2.05, 4.69) is 11.8 Å². The number of nitrogens with zero attached hydrogens (tertiary/aromatic N) is 2. The molecule has 6 heteroatoms. The molecule has 20 heavy (non-hydrogen) atoms. The fraction of sp³-hybridized carbons (Fsp3) is 0.571. The lowest BCUT2D eigenvalue weighted by Crippen LogP contribution is -2.40. The van der Waals surface area contributed by atoms with Crippen LogP contribution in [-0.2, 0) is 0 Å². The van der Waals surface area contributed by atoms with Gasteiger partial charge in [-0.15, -0.1) is 0 Å². The first-order valence-corrected chi connectivity index (χ1v) is 7.09. The van der Waals surface area contributed by atoms with Crippen molar-refractivity contribution in [3.8, 4) is 0 Å². The van der Waals surface area contributed by atoms with Gasteiger partial charge in [-0.2, -0.15) is 0 Å². The number of nitrogens with two attached hydrogens (primary N) is 2. The molecule has 110 valence electrons. The van der Waals surface area contributed by atoms with Crippen LogP contribution < -0.4 is 16.4 Å². The normalized spacial score (nSPS) is 21.9. The van der Waals surface area contributed by atoms with Gasteiger partial charge in [0.1, 0.15) is 5.69 Å². The van der Waals surface area contributed by atoms with Gasteiger partial charge in [0, 0.05) is 24.3 Å². The van der Waals surface area contributed by atoms with Crippen LogP contribution in [0.4, 0.5) is 17.1 Å². The van der Waals surface area contributed by atoms with Crippen LogP contribution in [0, 0.1) is 16.0 Å². The van der Waals surface area contributed by atoms with Gasteiger partial charge in [-0.05, 0) is 44.4 Å². The van der Waals surface area contributed by atoms with Crippen molar-refractivity contribution >= 4 is 17.1 Å². The molecule has 0 heterocycles. The monoisotopic (exact) mass is 278 g/mol. The Morgan fingerprint density at radius 3 is 2.75 bits per heavy atom. The summed E-state index contributed by atoms with van der Waals surface area (Å²) in [5, 5.41) is 10.8. The second-order valence-corrected chi connectivity index (χ2v) is 5.28. The average Bonchev–Trinajstić information content (AvgIpc) is 2.87. The van der Waals surface area contributed by atoms with E-state index in [0.29, 0.717) is 18.5 Å². The molecule has 6 nitrogen and oxygen atoms in total. The highest BCUT2D eigenvalue weighted by molar-refractivity contribution is 5.67. The third kappa shape index (κ3) is 2.70. The van der Waals surface area contributed by atoms with Gasteiger partial charge in [-0.3, -0.25) is 10.1 Å². The Morgan fingerprint density at radius 2 is 2.20 bits per heavy atom. The summed E-state index contributed by atoms with van der Waals surface area (Å²) in [6.45, 7) is 3.62. The van der Waals surface area contributed by atoms with Crippen LogP contribution in [0.25, 0.3) is 0 Å². The summed E-state index contributed by atoms with van der Waals surface area (Å²) in [5.41, 5.74) is 12.8.